The molecular formula is C27H31ClN2O5. The summed E-state index contributed by atoms with van der Waals surface area (Å²) in [5.74, 6) is 0.694. The fourth-order valence-electron chi connectivity index (χ4n) is 3.94. The standard InChI is InChI=1S/C27H30N2O5.ClH/c1-29(21-10-7-19(8-11-21)27(31)32)22-12-14-26-20(15-22)9-13-25(34-26)17-28-16-23(30)18-33-24-5-3-2-4-6-24;/h2-8,10-12,14-15,23,25,28,30H,9,13,16-18H2,1H3,(H,31,32);1H/t23-,25+;/m0./s1. The number of halogens is 1. The molecule has 3 N–H and O–H groups in total. The van der Waals surface area contributed by atoms with Gasteiger partial charge in [0.15, 0.2) is 0 Å². The number of para-hydroxylation sites is 1. The van der Waals surface area contributed by atoms with Crippen molar-refractivity contribution in [1.29, 1.82) is 0 Å². The molecule has 0 bridgehead atoms. The minimum Gasteiger partial charge on any atom is -0.491 e. The second kappa shape index (κ2) is 12.4. The molecule has 0 aromatic heterocycles. The first-order valence-corrected chi connectivity index (χ1v) is 11.4. The predicted octanol–water partition coefficient (Wildman–Crippen LogP) is 4.30. The third kappa shape index (κ3) is 7.11. The molecule has 0 aliphatic carbocycles. The van der Waals surface area contributed by atoms with E-state index in [0.717, 1.165) is 41.3 Å². The van der Waals surface area contributed by atoms with Gasteiger partial charge in [0, 0.05) is 31.5 Å². The van der Waals surface area contributed by atoms with Crippen LogP contribution in [0.15, 0.2) is 72.8 Å². The molecule has 0 amide bonds. The summed E-state index contributed by atoms with van der Waals surface area (Å²) in [6, 6.07) is 22.4. The molecule has 0 radical (unpaired) electrons. The highest BCUT2D eigenvalue weighted by Gasteiger charge is 2.21. The number of ether oxygens (including phenoxy) is 2. The highest BCUT2D eigenvalue weighted by molar-refractivity contribution is 5.88. The zero-order valence-corrected chi connectivity index (χ0v) is 20.4. The Morgan fingerprint density at radius 3 is 2.54 bits per heavy atom. The lowest BCUT2D eigenvalue weighted by molar-refractivity contribution is 0.0697. The van der Waals surface area contributed by atoms with Crippen molar-refractivity contribution < 1.29 is 24.5 Å². The molecule has 1 aliphatic heterocycles. The van der Waals surface area contributed by atoms with E-state index in [0.29, 0.717) is 13.1 Å². The zero-order valence-electron chi connectivity index (χ0n) is 19.6. The third-order valence-electron chi connectivity index (χ3n) is 5.90. The molecule has 0 fully saturated rings. The highest BCUT2D eigenvalue weighted by Crippen LogP contribution is 2.33. The summed E-state index contributed by atoms with van der Waals surface area (Å²) < 4.78 is 11.8. The Bertz CT molecular complexity index is 1090. The van der Waals surface area contributed by atoms with Crippen LogP contribution in [0.4, 0.5) is 11.4 Å². The minimum absolute atomic E-state index is 0. The van der Waals surface area contributed by atoms with Gasteiger partial charge in [-0.3, -0.25) is 0 Å². The van der Waals surface area contributed by atoms with Crippen molar-refractivity contribution in [2.45, 2.75) is 25.0 Å². The van der Waals surface area contributed by atoms with E-state index in [9.17, 15) is 9.90 Å². The topological polar surface area (TPSA) is 91.3 Å². The van der Waals surface area contributed by atoms with Crippen molar-refractivity contribution in [3.05, 3.63) is 83.9 Å². The lowest BCUT2D eigenvalue weighted by atomic mass is 10.0. The van der Waals surface area contributed by atoms with Gasteiger partial charge in [-0.15, -0.1) is 12.4 Å². The number of aryl methyl sites for hydroxylation is 1. The number of aliphatic hydroxyl groups is 1. The second-order valence-corrected chi connectivity index (χ2v) is 8.42. The van der Waals surface area contributed by atoms with Crippen LogP contribution < -0.4 is 19.7 Å². The summed E-state index contributed by atoms with van der Waals surface area (Å²) in [7, 11) is 1.96. The molecule has 4 rings (SSSR count). The molecule has 186 valence electrons. The molecule has 7 nitrogen and oxygen atoms in total. The number of carboxylic acids is 1. The van der Waals surface area contributed by atoms with Gasteiger partial charge < -0.3 is 29.9 Å². The molecule has 0 spiro atoms. The fourth-order valence-corrected chi connectivity index (χ4v) is 3.94. The number of benzene rings is 3. The van der Waals surface area contributed by atoms with E-state index in [4.69, 9.17) is 14.6 Å². The van der Waals surface area contributed by atoms with Gasteiger partial charge in [0.25, 0.3) is 0 Å². The van der Waals surface area contributed by atoms with E-state index in [1.165, 1.54) is 0 Å². The molecule has 8 heteroatoms. The molecule has 1 aliphatic rings. The molecule has 2 atom stereocenters. The second-order valence-electron chi connectivity index (χ2n) is 8.42. The monoisotopic (exact) mass is 498 g/mol. The number of hydrogen-bond donors (Lipinski definition) is 3. The van der Waals surface area contributed by atoms with Crippen molar-refractivity contribution in [3.8, 4) is 11.5 Å². The quantitative estimate of drug-likeness (QED) is 0.384. The van der Waals surface area contributed by atoms with Gasteiger partial charge in [-0.05, 0) is 73.0 Å². The SMILES string of the molecule is CN(c1ccc(C(=O)O)cc1)c1ccc2c(c1)CC[C@H](CNC[C@H](O)COc1ccccc1)O2.Cl. The van der Waals surface area contributed by atoms with Gasteiger partial charge in [0.1, 0.15) is 30.3 Å². The van der Waals surface area contributed by atoms with Crippen LogP contribution in [0.2, 0.25) is 0 Å². The van der Waals surface area contributed by atoms with E-state index < -0.39 is 12.1 Å². The molecule has 35 heavy (non-hydrogen) atoms. The number of nitrogens with zero attached hydrogens (tertiary/aromatic N) is 1. The van der Waals surface area contributed by atoms with E-state index in [-0.39, 0.29) is 30.7 Å². The van der Waals surface area contributed by atoms with Crippen LogP contribution in [0, 0.1) is 0 Å². The number of anilines is 2. The Morgan fingerprint density at radius 1 is 1.11 bits per heavy atom. The Morgan fingerprint density at radius 2 is 1.83 bits per heavy atom. The summed E-state index contributed by atoms with van der Waals surface area (Å²) in [5, 5.41) is 22.5. The van der Waals surface area contributed by atoms with Crippen LogP contribution in [0.25, 0.3) is 0 Å². The van der Waals surface area contributed by atoms with E-state index in [2.05, 4.69) is 11.4 Å². The maximum Gasteiger partial charge on any atom is 0.335 e. The summed E-state index contributed by atoms with van der Waals surface area (Å²) in [6.07, 6.45) is 1.23. The Kier molecular flexibility index (Phi) is 9.37. The number of nitrogens with one attached hydrogen (secondary N) is 1. The predicted molar refractivity (Wildman–Crippen MR) is 139 cm³/mol. The number of rotatable bonds is 10. The maximum absolute atomic E-state index is 11.1. The van der Waals surface area contributed by atoms with E-state index >= 15 is 0 Å². The first-order valence-electron chi connectivity index (χ1n) is 11.4. The number of carboxylic acid groups (broad SMARTS) is 1. The van der Waals surface area contributed by atoms with Crippen LogP contribution in [0.5, 0.6) is 11.5 Å². The van der Waals surface area contributed by atoms with Gasteiger partial charge in [-0.2, -0.15) is 0 Å². The van der Waals surface area contributed by atoms with Crippen molar-refractivity contribution >= 4 is 29.8 Å². The number of carbonyl (C=O) groups is 1. The molecule has 0 saturated heterocycles. The van der Waals surface area contributed by atoms with Crippen molar-refractivity contribution in [2.75, 3.05) is 31.6 Å². The Balaban J connectivity index is 0.00000342. The Hall–Kier alpha value is -3.26. The summed E-state index contributed by atoms with van der Waals surface area (Å²) in [6.45, 7) is 1.32. The van der Waals surface area contributed by atoms with Crippen molar-refractivity contribution in [2.24, 2.45) is 0 Å². The van der Waals surface area contributed by atoms with Crippen molar-refractivity contribution in [1.82, 2.24) is 5.32 Å². The van der Waals surface area contributed by atoms with Crippen LogP contribution in [0.3, 0.4) is 0 Å². The van der Waals surface area contributed by atoms with Gasteiger partial charge in [-0.25, -0.2) is 4.79 Å². The molecule has 1 heterocycles. The van der Waals surface area contributed by atoms with E-state index in [1.54, 1.807) is 24.3 Å². The largest absolute Gasteiger partial charge is 0.491 e. The minimum atomic E-state index is -0.931. The number of aromatic carboxylic acids is 1. The summed E-state index contributed by atoms with van der Waals surface area (Å²) >= 11 is 0. The summed E-state index contributed by atoms with van der Waals surface area (Å²) in [4.78, 5) is 13.1. The molecule has 0 saturated carbocycles. The lowest BCUT2D eigenvalue weighted by Crippen LogP contribution is -2.39. The zero-order chi connectivity index (χ0) is 23.9. The van der Waals surface area contributed by atoms with Gasteiger partial charge in [-0.1, -0.05) is 18.2 Å². The maximum atomic E-state index is 11.1. The molecule has 3 aromatic carbocycles. The van der Waals surface area contributed by atoms with Gasteiger partial charge in [0.05, 0.1) is 5.56 Å². The van der Waals surface area contributed by atoms with E-state index in [1.807, 2.05) is 54.4 Å². The smallest absolute Gasteiger partial charge is 0.335 e. The number of aliphatic hydroxyl groups excluding tert-OH is 1. The average Bonchev–Trinajstić information content (AvgIpc) is 2.87. The lowest BCUT2D eigenvalue weighted by Gasteiger charge is -2.28. The Labute approximate surface area is 211 Å². The molecular weight excluding hydrogens is 468 g/mol. The normalized spacial score (nSPS) is 15.2. The first kappa shape index (κ1) is 26.3. The molecule has 0 unspecified atom stereocenters. The fraction of sp³-hybridized carbons (Fsp3) is 0.296. The van der Waals surface area contributed by atoms with Crippen LogP contribution in [-0.4, -0.2) is 55.1 Å². The summed E-state index contributed by atoms with van der Waals surface area (Å²) in [5.41, 5.74) is 3.35. The number of hydrogen-bond acceptors (Lipinski definition) is 6. The van der Waals surface area contributed by atoms with Crippen LogP contribution in [-0.2, 0) is 6.42 Å². The highest BCUT2D eigenvalue weighted by atomic mass is 35.5. The number of fused-ring (bicyclic) bond motifs is 1. The average molecular weight is 499 g/mol. The van der Waals surface area contributed by atoms with Crippen LogP contribution in [0.1, 0.15) is 22.3 Å². The van der Waals surface area contributed by atoms with Gasteiger partial charge >= 0.3 is 5.97 Å². The third-order valence-corrected chi connectivity index (χ3v) is 5.90. The first-order chi connectivity index (χ1) is 16.5. The van der Waals surface area contributed by atoms with Gasteiger partial charge in [0.2, 0.25) is 0 Å². The van der Waals surface area contributed by atoms with Crippen molar-refractivity contribution in [3.63, 3.8) is 0 Å². The van der Waals surface area contributed by atoms with Crippen LogP contribution >= 0.6 is 12.4 Å². The molecule has 3 aromatic rings.